The predicted octanol–water partition coefficient (Wildman–Crippen LogP) is 5.06. The van der Waals surface area contributed by atoms with E-state index in [4.69, 9.17) is 0 Å². The van der Waals surface area contributed by atoms with Crippen LogP contribution in [0.3, 0.4) is 0 Å². The maximum Gasteiger partial charge on any atom is 0.150 e. The van der Waals surface area contributed by atoms with Crippen molar-refractivity contribution in [3.63, 3.8) is 0 Å². The summed E-state index contributed by atoms with van der Waals surface area (Å²) in [6.07, 6.45) is 7.27. The summed E-state index contributed by atoms with van der Waals surface area (Å²) in [4.78, 5) is 2.02. The van der Waals surface area contributed by atoms with Gasteiger partial charge in [0, 0.05) is 12.1 Å². The molecule has 1 atom stereocenters. The van der Waals surface area contributed by atoms with Crippen LogP contribution in [0.2, 0.25) is 0 Å². The standard InChI is InChI=1S/C18H18BrF2N3/c1-3-17(19)24-12(2)6-9-18(22-24)23-10-4-5-16(23)14-11-13(20)7-8-15(14)21/h3,6-9,11,16H,2,4-5,10H2,1H3/b17-3-. The average Bonchev–Trinajstić information content (AvgIpc) is 3.06. The van der Waals surface area contributed by atoms with Gasteiger partial charge in [-0.05, 0) is 66.0 Å². The van der Waals surface area contributed by atoms with Crippen LogP contribution in [0.25, 0.3) is 0 Å². The first-order valence-corrected chi connectivity index (χ1v) is 8.59. The molecule has 2 heterocycles. The van der Waals surface area contributed by atoms with E-state index in [1.54, 1.807) is 5.01 Å². The van der Waals surface area contributed by atoms with Crippen LogP contribution in [0.4, 0.5) is 8.78 Å². The lowest BCUT2D eigenvalue weighted by molar-refractivity contribution is 0.371. The first-order valence-electron chi connectivity index (χ1n) is 7.80. The van der Waals surface area contributed by atoms with Crippen molar-refractivity contribution in [3.8, 4) is 0 Å². The van der Waals surface area contributed by atoms with Crippen LogP contribution in [-0.4, -0.2) is 22.3 Å². The van der Waals surface area contributed by atoms with E-state index in [0.717, 1.165) is 35.8 Å². The molecule has 3 rings (SSSR count). The number of hydrogen-bond donors (Lipinski definition) is 0. The van der Waals surface area contributed by atoms with Crippen LogP contribution in [0, 0.1) is 11.6 Å². The molecule has 3 nitrogen and oxygen atoms in total. The number of hydrogen-bond acceptors (Lipinski definition) is 3. The van der Waals surface area contributed by atoms with Crippen molar-refractivity contribution < 1.29 is 8.78 Å². The molecule has 2 aliphatic rings. The minimum atomic E-state index is -0.425. The molecule has 1 fully saturated rings. The molecule has 2 aliphatic heterocycles. The summed E-state index contributed by atoms with van der Waals surface area (Å²) < 4.78 is 28.5. The van der Waals surface area contributed by atoms with Crippen molar-refractivity contribution in [2.24, 2.45) is 5.10 Å². The second-order valence-corrected chi connectivity index (χ2v) is 6.54. The lowest BCUT2D eigenvalue weighted by Crippen LogP contribution is -2.33. The molecule has 0 N–H and O–H groups in total. The van der Waals surface area contributed by atoms with Crippen molar-refractivity contribution in [3.05, 3.63) is 70.5 Å². The van der Waals surface area contributed by atoms with Gasteiger partial charge < -0.3 is 4.90 Å². The largest absolute Gasteiger partial charge is 0.348 e. The number of benzene rings is 1. The number of amidine groups is 1. The lowest BCUT2D eigenvalue weighted by Gasteiger charge is -2.31. The molecule has 0 spiro atoms. The van der Waals surface area contributed by atoms with Gasteiger partial charge in [-0.1, -0.05) is 12.7 Å². The molecule has 1 unspecified atom stereocenters. The highest BCUT2D eigenvalue weighted by Gasteiger charge is 2.31. The summed E-state index contributed by atoms with van der Waals surface area (Å²) in [5.41, 5.74) is 1.11. The fraction of sp³-hybridized carbons (Fsp3) is 0.278. The zero-order valence-corrected chi connectivity index (χ0v) is 14.9. The second-order valence-electron chi connectivity index (χ2n) is 5.72. The monoisotopic (exact) mass is 393 g/mol. The summed E-state index contributed by atoms with van der Waals surface area (Å²) in [5.74, 6) is -0.0945. The molecule has 0 amide bonds. The van der Waals surface area contributed by atoms with E-state index in [0.29, 0.717) is 11.4 Å². The van der Waals surface area contributed by atoms with E-state index in [9.17, 15) is 8.78 Å². The molecule has 0 radical (unpaired) electrons. The molecule has 1 aromatic rings. The zero-order chi connectivity index (χ0) is 17.3. The number of hydrazone groups is 1. The van der Waals surface area contributed by atoms with Gasteiger partial charge in [0.25, 0.3) is 0 Å². The minimum Gasteiger partial charge on any atom is -0.348 e. The smallest absolute Gasteiger partial charge is 0.150 e. The van der Waals surface area contributed by atoms with Crippen LogP contribution in [-0.2, 0) is 0 Å². The van der Waals surface area contributed by atoms with E-state index in [2.05, 4.69) is 27.6 Å². The number of halogens is 3. The molecule has 1 saturated heterocycles. The van der Waals surface area contributed by atoms with Crippen LogP contribution in [0.1, 0.15) is 31.4 Å². The Balaban J connectivity index is 1.95. The number of nitrogens with zero attached hydrogens (tertiary/aromatic N) is 3. The van der Waals surface area contributed by atoms with Gasteiger partial charge in [0.05, 0.1) is 11.7 Å². The Kier molecular flexibility index (Phi) is 4.85. The maximum absolute atomic E-state index is 14.2. The molecule has 0 saturated carbocycles. The summed E-state index contributed by atoms with van der Waals surface area (Å²) in [5, 5.41) is 6.29. The Labute approximate surface area is 148 Å². The Hall–Kier alpha value is -1.95. The minimum absolute atomic E-state index is 0.221. The number of likely N-dealkylation sites (tertiary alicyclic amines) is 1. The number of allylic oxidation sites excluding steroid dienone is 2. The highest BCUT2D eigenvalue weighted by atomic mass is 79.9. The van der Waals surface area contributed by atoms with Crippen molar-refractivity contribution in [2.45, 2.75) is 25.8 Å². The van der Waals surface area contributed by atoms with E-state index in [1.807, 2.05) is 30.1 Å². The molecule has 0 bridgehead atoms. The molecule has 6 heteroatoms. The van der Waals surface area contributed by atoms with Crippen molar-refractivity contribution in [2.75, 3.05) is 6.54 Å². The zero-order valence-electron chi connectivity index (χ0n) is 13.3. The predicted molar refractivity (Wildman–Crippen MR) is 95.3 cm³/mol. The Morgan fingerprint density at radius 2 is 2.17 bits per heavy atom. The third-order valence-electron chi connectivity index (χ3n) is 4.20. The highest BCUT2D eigenvalue weighted by molar-refractivity contribution is 9.11. The molecule has 1 aromatic carbocycles. The van der Waals surface area contributed by atoms with E-state index in [-0.39, 0.29) is 11.9 Å². The van der Waals surface area contributed by atoms with Gasteiger partial charge in [0.1, 0.15) is 22.1 Å². The summed E-state index contributed by atoms with van der Waals surface area (Å²) in [6.45, 7) is 6.60. The van der Waals surface area contributed by atoms with Gasteiger partial charge in [-0.2, -0.15) is 0 Å². The van der Waals surface area contributed by atoms with E-state index >= 15 is 0 Å². The fourth-order valence-corrected chi connectivity index (χ4v) is 3.34. The summed E-state index contributed by atoms with van der Waals surface area (Å²) in [6, 6.07) is 3.39. The van der Waals surface area contributed by atoms with Gasteiger partial charge >= 0.3 is 0 Å². The Bertz CT molecular complexity index is 753. The van der Waals surface area contributed by atoms with E-state index < -0.39 is 5.82 Å². The molecular weight excluding hydrogens is 376 g/mol. The molecular formula is C18H18BrF2N3. The Morgan fingerprint density at radius 3 is 2.92 bits per heavy atom. The summed E-state index contributed by atoms with van der Waals surface area (Å²) >= 11 is 3.45. The maximum atomic E-state index is 14.2. The molecule has 24 heavy (non-hydrogen) atoms. The quantitative estimate of drug-likeness (QED) is 0.654. The highest BCUT2D eigenvalue weighted by Crippen LogP contribution is 2.35. The van der Waals surface area contributed by atoms with Gasteiger partial charge in [-0.3, -0.25) is 0 Å². The van der Waals surface area contributed by atoms with Crippen LogP contribution in [0.15, 0.2) is 58.4 Å². The first-order chi connectivity index (χ1) is 11.5. The molecule has 0 aliphatic carbocycles. The molecule has 126 valence electrons. The van der Waals surface area contributed by atoms with Gasteiger partial charge in [0.15, 0.2) is 0 Å². The van der Waals surface area contributed by atoms with Gasteiger partial charge in [-0.15, -0.1) is 5.10 Å². The van der Waals surface area contributed by atoms with Gasteiger partial charge in [-0.25, -0.2) is 13.8 Å². The van der Waals surface area contributed by atoms with Gasteiger partial charge in [0.2, 0.25) is 0 Å². The summed E-state index contributed by atoms with van der Waals surface area (Å²) in [7, 11) is 0. The lowest BCUT2D eigenvalue weighted by atomic mass is 10.0. The third kappa shape index (κ3) is 3.15. The average molecular weight is 394 g/mol. The molecule has 0 aromatic heterocycles. The van der Waals surface area contributed by atoms with Crippen molar-refractivity contribution in [1.29, 1.82) is 0 Å². The SMILES string of the molecule is C=C1C=CC(N2CCCC2c2cc(F)ccc2F)=NN1/C(Br)=C\C. The van der Waals surface area contributed by atoms with Crippen LogP contribution in [0.5, 0.6) is 0 Å². The third-order valence-corrected chi connectivity index (χ3v) is 5.00. The van der Waals surface area contributed by atoms with Crippen LogP contribution >= 0.6 is 15.9 Å². The van der Waals surface area contributed by atoms with E-state index in [1.165, 1.54) is 12.1 Å². The fourth-order valence-electron chi connectivity index (χ4n) is 3.04. The first kappa shape index (κ1) is 16.9. The normalized spacial score (nSPS) is 21.5. The number of rotatable bonds is 2. The topological polar surface area (TPSA) is 18.8 Å². The van der Waals surface area contributed by atoms with Crippen molar-refractivity contribution in [1.82, 2.24) is 9.91 Å². The van der Waals surface area contributed by atoms with Crippen LogP contribution < -0.4 is 0 Å². The van der Waals surface area contributed by atoms with Crippen molar-refractivity contribution >= 4 is 21.8 Å². The Morgan fingerprint density at radius 1 is 1.38 bits per heavy atom. The second kappa shape index (κ2) is 6.89.